The van der Waals surface area contributed by atoms with E-state index in [9.17, 15) is 4.79 Å². The minimum atomic E-state index is -0.0639. The molecule has 0 bridgehead atoms. The van der Waals surface area contributed by atoms with Crippen LogP contribution in [0.4, 0.5) is 0 Å². The van der Waals surface area contributed by atoms with Gasteiger partial charge in [-0.25, -0.2) is 15.0 Å². The van der Waals surface area contributed by atoms with Crippen LogP contribution in [-0.4, -0.2) is 24.1 Å². The normalized spacial score (nSPS) is 11.9. The van der Waals surface area contributed by atoms with Crippen LogP contribution < -0.4 is 5.56 Å². The predicted octanol–water partition coefficient (Wildman–Crippen LogP) is 5.01. The van der Waals surface area contributed by atoms with E-state index in [2.05, 4.69) is 49.6 Å². The Balaban J connectivity index is 1.79. The van der Waals surface area contributed by atoms with Crippen LogP contribution in [0, 0.1) is 19.8 Å². The second-order valence-corrected chi connectivity index (χ2v) is 8.95. The van der Waals surface area contributed by atoms with Crippen molar-refractivity contribution in [2.24, 2.45) is 5.92 Å². The van der Waals surface area contributed by atoms with Crippen molar-refractivity contribution < 1.29 is 0 Å². The highest BCUT2D eigenvalue weighted by atomic mass is 16.1. The molecule has 5 rings (SSSR count). The molecule has 0 fully saturated rings. The number of benzene rings is 2. The molecule has 162 valence electrons. The first kappa shape index (κ1) is 20.4. The highest BCUT2D eigenvalue weighted by Crippen LogP contribution is 2.26. The molecule has 0 amide bonds. The van der Waals surface area contributed by atoms with Gasteiger partial charge in [-0.3, -0.25) is 9.36 Å². The van der Waals surface area contributed by atoms with E-state index in [1.165, 1.54) is 5.56 Å². The third-order valence-corrected chi connectivity index (χ3v) is 6.03. The molecule has 0 radical (unpaired) electrons. The molecule has 0 spiro atoms. The molecule has 0 unspecified atom stereocenters. The van der Waals surface area contributed by atoms with Crippen LogP contribution >= 0.6 is 0 Å². The van der Waals surface area contributed by atoms with Gasteiger partial charge in [0.1, 0.15) is 16.7 Å². The van der Waals surface area contributed by atoms with Gasteiger partial charge in [0, 0.05) is 6.54 Å². The summed E-state index contributed by atoms with van der Waals surface area (Å²) in [5, 5.41) is 0.555. The second-order valence-electron chi connectivity index (χ2n) is 8.95. The van der Waals surface area contributed by atoms with Gasteiger partial charge in [0.2, 0.25) is 0 Å². The van der Waals surface area contributed by atoms with E-state index >= 15 is 0 Å². The lowest BCUT2D eigenvalue weighted by Gasteiger charge is -2.12. The molecule has 2 aromatic carbocycles. The van der Waals surface area contributed by atoms with Gasteiger partial charge < -0.3 is 4.57 Å². The molecule has 6 heteroatoms. The molecule has 3 heterocycles. The lowest BCUT2D eigenvalue weighted by atomic mass is 10.1. The van der Waals surface area contributed by atoms with Crippen molar-refractivity contribution in [1.82, 2.24) is 24.1 Å². The Kier molecular flexibility index (Phi) is 5.00. The van der Waals surface area contributed by atoms with Crippen molar-refractivity contribution in [2.45, 2.75) is 47.2 Å². The first-order valence-corrected chi connectivity index (χ1v) is 11.1. The van der Waals surface area contributed by atoms with E-state index in [1.807, 2.05) is 31.2 Å². The van der Waals surface area contributed by atoms with Crippen molar-refractivity contribution in [1.29, 1.82) is 0 Å². The molecule has 3 aromatic heterocycles. The maximum absolute atomic E-state index is 13.8. The van der Waals surface area contributed by atoms with E-state index in [1.54, 1.807) is 4.57 Å². The summed E-state index contributed by atoms with van der Waals surface area (Å²) in [5.41, 5.74) is 5.86. The topological polar surface area (TPSA) is 65.6 Å². The summed E-state index contributed by atoms with van der Waals surface area (Å²) < 4.78 is 3.82. The Morgan fingerprint density at radius 1 is 0.844 bits per heavy atom. The van der Waals surface area contributed by atoms with Crippen molar-refractivity contribution >= 4 is 33.2 Å². The van der Waals surface area contributed by atoms with Gasteiger partial charge in [0.05, 0.1) is 17.6 Å². The Morgan fingerprint density at radius 2 is 1.53 bits per heavy atom. The van der Waals surface area contributed by atoms with E-state index in [-0.39, 0.29) is 5.56 Å². The summed E-state index contributed by atoms with van der Waals surface area (Å²) >= 11 is 0. The molecule has 5 aromatic rings. The minimum absolute atomic E-state index is 0.0639. The third-order valence-electron chi connectivity index (χ3n) is 6.03. The number of aryl methyl sites for hydroxylation is 3. The number of rotatable bonds is 5. The quantitative estimate of drug-likeness (QED) is 0.397. The smallest absolute Gasteiger partial charge is 0.265 e. The van der Waals surface area contributed by atoms with E-state index < -0.39 is 0 Å². The fourth-order valence-electron chi connectivity index (χ4n) is 4.16. The van der Waals surface area contributed by atoms with E-state index in [0.29, 0.717) is 34.8 Å². The SMILES string of the molecule is Cc1ccc(Cn2c(C)nc3c(c2=O)c2nc4ccccc4nc2n3CCC(C)C)cc1. The maximum atomic E-state index is 13.8. The predicted molar refractivity (Wildman–Crippen MR) is 129 cm³/mol. The van der Waals surface area contributed by atoms with Crippen LogP contribution in [0.2, 0.25) is 0 Å². The fourth-order valence-corrected chi connectivity index (χ4v) is 4.16. The van der Waals surface area contributed by atoms with Crippen LogP contribution in [0.5, 0.6) is 0 Å². The van der Waals surface area contributed by atoms with Crippen LogP contribution in [-0.2, 0) is 13.1 Å². The highest BCUT2D eigenvalue weighted by molar-refractivity contribution is 6.04. The van der Waals surface area contributed by atoms with Gasteiger partial charge in [-0.2, -0.15) is 0 Å². The zero-order valence-electron chi connectivity index (χ0n) is 19.0. The minimum Gasteiger partial charge on any atom is -0.308 e. The standard InChI is InChI=1S/C26H27N5O/c1-16(2)13-14-30-24-22(23-25(30)29-21-8-6-5-7-20(21)28-23)26(32)31(18(4)27-24)15-19-11-9-17(3)10-12-19/h5-12,16H,13-15H2,1-4H3. The molecule has 0 aliphatic carbocycles. The molecular weight excluding hydrogens is 398 g/mol. The number of fused-ring (bicyclic) bond motifs is 4. The lowest BCUT2D eigenvalue weighted by molar-refractivity contribution is 0.527. The average Bonchev–Trinajstić information content (AvgIpc) is 3.07. The fraction of sp³-hybridized carbons (Fsp3) is 0.308. The summed E-state index contributed by atoms with van der Waals surface area (Å²) in [5.74, 6) is 1.22. The first-order chi connectivity index (χ1) is 15.4. The van der Waals surface area contributed by atoms with Gasteiger partial charge in [-0.15, -0.1) is 0 Å². The molecule has 0 aliphatic heterocycles. The largest absolute Gasteiger partial charge is 0.308 e. The summed E-state index contributed by atoms with van der Waals surface area (Å²) in [6.07, 6.45) is 0.973. The van der Waals surface area contributed by atoms with Crippen LogP contribution in [0.3, 0.4) is 0 Å². The van der Waals surface area contributed by atoms with Gasteiger partial charge in [0.15, 0.2) is 11.3 Å². The van der Waals surface area contributed by atoms with Crippen molar-refractivity contribution in [2.75, 3.05) is 0 Å². The summed E-state index contributed by atoms with van der Waals surface area (Å²) in [6.45, 7) is 9.58. The van der Waals surface area contributed by atoms with Gasteiger partial charge in [-0.05, 0) is 43.9 Å². The zero-order chi connectivity index (χ0) is 22.4. The van der Waals surface area contributed by atoms with Crippen LogP contribution in [0.1, 0.15) is 37.2 Å². The number of hydrogen-bond acceptors (Lipinski definition) is 4. The summed E-state index contributed by atoms with van der Waals surface area (Å²) in [6, 6.07) is 16.1. The molecule has 0 N–H and O–H groups in total. The maximum Gasteiger partial charge on any atom is 0.265 e. The highest BCUT2D eigenvalue weighted by Gasteiger charge is 2.21. The van der Waals surface area contributed by atoms with Gasteiger partial charge >= 0.3 is 0 Å². The van der Waals surface area contributed by atoms with Crippen molar-refractivity contribution in [3.63, 3.8) is 0 Å². The van der Waals surface area contributed by atoms with E-state index in [4.69, 9.17) is 15.0 Å². The molecule has 0 aliphatic rings. The van der Waals surface area contributed by atoms with Gasteiger partial charge in [0.25, 0.3) is 5.56 Å². The number of aromatic nitrogens is 5. The number of hydrogen-bond donors (Lipinski definition) is 0. The monoisotopic (exact) mass is 425 g/mol. The molecule has 0 saturated heterocycles. The second kappa shape index (κ2) is 7.86. The van der Waals surface area contributed by atoms with Crippen molar-refractivity contribution in [3.8, 4) is 0 Å². The molecule has 32 heavy (non-hydrogen) atoms. The molecular formula is C26H27N5O. The first-order valence-electron chi connectivity index (χ1n) is 11.1. The van der Waals surface area contributed by atoms with Crippen LogP contribution in [0.15, 0.2) is 53.3 Å². The summed E-state index contributed by atoms with van der Waals surface area (Å²) in [4.78, 5) is 28.4. The number of para-hydroxylation sites is 2. The van der Waals surface area contributed by atoms with E-state index in [0.717, 1.165) is 35.2 Å². The zero-order valence-corrected chi connectivity index (χ0v) is 19.0. The Morgan fingerprint density at radius 3 is 2.22 bits per heavy atom. The lowest BCUT2D eigenvalue weighted by Crippen LogP contribution is -2.24. The summed E-state index contributed by atoms with van der Waals surface area (Å²) in [7, 11) is 0. The van der Waals surface area contributed by atoms with Crippen molar-refractivity contribution in [3.05, 3.63) is 75.8 Å². The van der Waals surface area contributed by atoms with Crippen LogP contribution in [0.25, 0.3) is 33.2 Å². The molecule has 0 atom stereocenters. The number of nitrogens with zero attached hydrogens (tertiary/aromatic N) is 5. The third kappa shape index (κ3) is 3.45. The van der Waals surface area contributed by atoms with Gasteiger partial charge in [-0.1, -0.05) is 55.8 Å². The average molecular weight is 426 g/mol. The Hall–Kier alpha value is -3.54. The molecule has 0 saturated carbocycles. The Bertz CT molecular complexity index is 1510. The molecule has 6 nitrogen and oxygen atoms in total. The Labute approximate surface area is 186 Å².